The van der Waals surface area contributed by atoms with E-state index in [1.54, 1.807) is 18.3 Å². The van der Waals surface area contributed by atoms with Crippen molar-refractivity contribution < 1.29 is 13.2 Å². The number of rotatable bonds is 4. The monoisotopic (exact) mass is 285 g/mol. The Morgan fingerprint density at radius 3 is 3.05 bits per heavy atom. The molecule has 0 aliphatic carbocycles. The van der Waals surface area contributed by atoms with Crippen LogP contribution in [0.4, 0.5) is 5.82 Å². The Bertz CT molecular complexity index is 531. The predicted octanol–water partition coefficient (Wildman–Crippen LogP) is -0.0903. The van der Waals surface area contributed by atoms with E-state index in [4.69, 9.17) is 4.74 Å². The Labute approximate surface area is 113 Å². The van der Waals surface area contributed by atoms with Gasteiger partial charge in [0.15, 0.2) is 9.84 Å². The third kappa shape index (κ3) is 3.43. The fourth-order valence-electron chi connectivity index (χ4n) is 2.17. The number of nitrogens with zero attached hydrogens (tertiary/aromatic N) is 2. The maximum atomic E-state index is 11.8. The van der Waals surface area contributed by atoms with Crippen molar-refractivity contribution in [2.75, 3.05) is 44.4 Å². The number of ether oxygens (including phenoxy) is 1. The van der Waals surface area contributed by atoms with Crippen LogP contribution < -0.4 is 10.2 Å². The first-order chi connectivity index (χ1) is 9.02. The van der Waals surface area contributed by atoms with Crippen molar-refractivity contribution in [2.45, 2.75) is 11.0 Å². The Hall–Kier alpha value is -1.18. The molecule has 19 heavy (non-hydrogen) atoms. The summed E-state index contributed by atoms with van der Waals surface area (Å²) in [6, 6.07) is 3.24. The summed E-state index contributed by atoms with van der Waals surface area (Å²) < 4.78 is 29.2. The molecule has 1 aromatic heterocycles. The Balaban J connectivity index is 2.27. The SMILES string of the molecule is CNCC1CN(c2ncccc2S(C)(=O)=O)CCO1. The van der Waals surface area contributed by atoms with Crippen molar-refractivity contribution in [3.8, 4) is 0 Å². The fraction of sp³-hybridized carbons (Fsp3) is 0.583. The number of nitrogens with one attached hydrogen (secondary N) is 1. The molecular weight excluding hydrogens is 266 g/mol. The molecule has 1 atom stereocenters. The van der Waals surface area contributed by atoms with Crippen molar-refractivity contribution in [1.82, 2.24) is 10.3 Å². The summed E-state index contributed by atoms with van der Waals surface area (Å²) in [4.78, 5) is 6.49. The minimum absolute atomic E-state index is 0.0492. The third-order valence-electron chi connectivity index (χ3n) is 3.02. The molecule has 0 saturated carbocycles. The summed E-state index contributed by atoms with van der Waals surface area (Å²) in [6.07, 6.45) is 2.87. The van der Waals surface area contributed by atoms with Crippen LogP contribution >= 0.6 is 0 Å². The number of aromatic nitrogens is 1. The van der Waals surface area contributed by atoms with E-state index in [0.29, 0.717) is 25.5 Å². The molecule has 0 radical (unpaired) electrons. The molecule has 1 aliphatic rings. The molecule has 1 fully saturated rings. The number of anilines is 1. The average Bonchev–Trinajstić information content (AvgIpc) is 2.38. The van der Waals surface area contributed by atoms with E-state index in [2.05, 4.69) is 10.3 Å². The molecule has 1 N–H and O–H groups in total. The van der Waals surface area contributed by atoms with Crippen LogP contribution in [0.25, 0.3) is 0 Å². The normalized spacial score (nSPS) is 20.5. The summed E-state index contributed by atoms with van der Waals surface area (Å²) in [6.45, 7) is 2.60. The topological polar surface area (TPSA) is 71.5 Å². The number of hydrogen-bond acceptors (Lipinski definition) is 6. The van der Waals surface area contributed by atoms with E-state index in [0.717, 1.165) is 6.54 Å². The van der Waals surface area contributed by atoms with Crippen LogP contribution in [0.1, 0.15) is 0 Å². The van der Waals surface area contributed by atoms with E-state index in [9.17, 15) is 8.42 Å². The third-order valence-corrected chi connectivity index (χ3v) is 4.14. The molecule has 0 bridgehead atoms. The first-order valence-corrected chi connectivity index (χ1v) is 8.07. The summed E-state index contributed by atoms with van der Waals surface area (Å²) in [5, 5.41) is 3.06. The van der Waals surface area contributed by atoms with E-state index in [-0.39, 0.29) is 11.0 Å². The van der Waals surface area contributed by atoms with Crippen LogP contribution in [0.3, 0.4) is 0 Å². The molecule has 1 aromatic rings. The standard InChI is InChI=1S/C12H19N3O3S/c1-13-8-10-9-15(6-7-18-10)12-11(19(2,16)17)4-3-5-14-12/h3-5,10,13H,6-9H2,1-2H3. The summed E-state index contributed by atoms with van der Waals surface area (Å²) in [5.74, 6) is 0.523. The van der Waals surface area contributed by atoms with Gasteiger partial charge in [-0.2, -0.15) is 0 Å². The van der Waals surface area contributed by atoms with Crippen LogP contribution in [0.15, 0.2) is 23.2 Å². The number of morpholine rings is 1. The smallest absolute Gasteiger partial charge is 0.179 e. The maximum Gasteiger partial charge on any atom is 0.179 e. The van der Waals surface area contributed by atoms with Gasteiger partial charge in [0.05, 0.1) is 12.7 Å². The molecule has 1 unspecified atom stereocenters. The molecule has 6 nitrogen and oxygen atoms in total. The zero-order chi connectivity index (χ0) is 13.9. The van der Waals surface area contributed by atoms with Crippen LogP contribution in [0.2, 0.25) is 0 Å². The minimum Gasteiger partial charge on any atom is -0.373 e. The van der Waals surface area contributed by atoms with Gasteiger partial charge in [0.25, 0.3) is 0 Å². The highest BCUT2D eigenvalue weighted by Gasteiger charge is 2.25. The van der Waals surface area contributed by atoms with Crippen molar-refractivity contribution >= 4 is 15.7 Å². The van der Waals surface area contributed by atoms with Gasteiger partial charge in [-0.05, 0) is 19.2 Å². The molecule has 1 saturated heterocycles. The van der Waals surface area contributed by atoms with Gasteiger partial charge in [-0.25, -0.2) is 13.4 Å². The second-order valence-corrected chi connectivity index (χ2v) is 6.58. The first kappa shape index (κ1) is 14.2. The lowest BCUT2D eigenvalue weighted by Gasteiger charge is -2.34. The highest BCUT2D eigenvalue weighted by Crippen LogP contribution is 2.23. The number of pyridine rings is 1. The quantitative estimate of drug-likeness (QED) is 0.833. The average molecular weight is 285 g/mol. The van der Waals surface area contributed by atoms with Gasteiger partial charge in [0, 0.05) is 32.1 Å². The summed E-state index contributed by atoms with van der Waals surface area (Å²) in [5.41, 5.74) is 0. The van der Waals surface area contributed by atoms with Crippen molar-refractivity contribution in [3.63, 3.8) is 0 Å². The Morgan fingerprint density at radius 2 is 2.37 bits per heavy atom. The first-order valence-electron chi connectivity index (χ1n) is 6.18. The molecule has 2 rings (SSSR count). The molecule has 1 aliphatic heterocycles. The van der Waals surface area contributed by atoms with Crippen molar-refractivity contribution in [2.24, 2.45) is 0 Å². The molecule has 2 heterocycles. The molecule has 106 valence electrons. The van der Waals surface area contributed by atoms with Gasteiger partial charge in [0.2, 0.25) is 0 Å². The lowest BCUT2D eigenvalue weighted by atomic mass is 10.2. The lowest BCUT2D eigenvalue weighted by molar-refractivity contribution is 0.0417. The van der Waals surface area contributed by atoms with Gasteiger partial charge >= 0.3 is 0 Å². The number of likely N-dealkylation sites (N-methyl/N-ethyl adjacent to an activating group) is 1. The molecule has 0 spiro atoms. The predicted molar refractivity (Wildman–Crippen MR) is 73.2 cm³/mol. The molecule has 0 amide bonds. The van der Waals surface area contributed by atoms with E-state index in [1.807, 2.05) is 11.9 Å². The van der Waals surface area contributed by atoms with Gasteiger partial charge in [-0.15, -0.1) is 0 Å². The van der Waals surface area contributed by atoms with Crippen LogP contribution in [-0.2, 0) is 14.6 Å². The molecular formula is C12H19N3O3S. The highest BCUT2D eigenvalue weighted by atomic mass is 32.2. The molecule has 7 heteroatoms. The Kier molecular flexibility index (Phi) is 4.38. The van der Waals surface area contributed by atoms with Gasteiger partial charge in [-0.3, -0.25) is 0 Å². The highest BCUT2D eigenvalue weighted by molar-refractivity contribution is 7.90. The van der Waals surface area contributed by atoms with Gasteiger partial charge in [0.1, 0.15) is 10.7 Å². The second kappa shape index (κ2) is 5.85. The van der Waals surface area contributed by atoms with Gasteiger partial charge in [-0.1, -0.05) is 0 Å². The number of hydrogen-bond donors (Lipinski definition) is 1. The second-order valence-electron chi connectivity index (χ2n) is 4.59. The minimum atomic E-state index is -3.27. The number of sulfone groups is 1. The largest absolute Gasteiger partial charge is 0.373 e. The van der Waals surface area contributed by atoms with Gasteiger partial charge < -0.3 is 15.0 Å². The van der Waals surface area contributed by atoms with Crippen LogP contribution in [0, 0.1) is 0 Å². The fourth-order valence-corrected chi connectivity index (χ4v) is 3.01. The maximum absolute atomic E-state index is 11.8. The lowest BCUT2D eigenvalue weighted by Crippen LogP contribution is -2.46. The van der Waals surface area contributed by atoms with Crippen molar-refractivity contribution in [3.05, 3.63) is 18.3 Å². The summed E-state index contributed by atoms with van der Waals surface area (Å²) in [7, 11) is -1.41. The van der Waals surface area contributed by atoms with Crippen LogP contribution in [-0.4, -0.2) is 59.1 Å². The van der Waals surface area contributed by atoms with E-state index < -0.39 is 9.84 Å². The zero-order valence-electron chi connectivity index (χ0n) is 11.2. The van der Waals surface area contributed by atoms with E-state index in [1.165, 1.54) is 6.26 Å². The zero-order valence-corrected chi connectivity index (χ0v) is 12.0. The van der Waals surface area contributed by atoms with Crippen LogP contribution in [0.5, 0.6) is 0 Å². The van der Waals surface area contributed by atoms with Crippen molar-refractivity contribution in [1.29, 1.82) is 0 Å². The Morgan fingerprint density at radius 1 is 1.58 bits per heavy atom. The van der Waals surface area contributed by atoms with E-state index >= 15 is 0 Å². The summed E-state index contributed by atoms with van der Waals surface area (Å²) >= 11 is 0. The molecule has 0 aromatic carbocycles.